The fourth-order valence-electron chi connectivity index (χ4n) is 4.13. The van der Waals surface area contributed by atoms with Crippen molar-refractivity contribution in [3.05, 3.63) is 17.0 Å². The third-order valence-electron chi connectivity index (χ3n) is 5.43. The fraction of sp³-hybridized carbons (Fsp3) is 0.778. The van der Waals surface area contributed by atoms with Crippen molar-refractivity contribution in [2.75, 3.05) is 34.4 Å². The summed E-state index contributed by atoms with van der Waals surface area (Å²) < 4.78 is 35.3. The van der Waals surface area contributed by atoms with Crippen molar-refractivity contribution in [2.24, 2.45) is 5.41 Å². The van der Waals surface area contributed by atoms with Gasteiger partial charge in [-0.15, -0.1) is 0 Å². The van der Waals surface area contributed by atoms with Gasteiger partial charge in [-0.3, -0.25) is 9.48 Å². The Hall–Kier alpha value is -1.29. The molecule has 2 aliphatic rings. The molecule has 3 rings (SSSR count). The summed E-state index contributed by atoms with van der Waals surface area (Å²) in [5, 5.41) is 4.74. The monoisotopic (exact) mass is 398 g/mol. The van der Waals surface area contributed by atoms with E-state index in [-0.39, 0.29) is 17.2 Å². The Balaban J connectivity index is 2.08. The van der Waals surface area contributed by atoms with Crippen molar-refractivity contribution in [1.29, 1.82) is 0 Å². The number of aromatic nitrogens is 2. The molecule has 1 atom stereocenters. The maximum absolute atomic E-state index is 13.0. The lowest BCUT2D eigenvalue weighted by Gasteiger charge is -2.30. The lowest BCUT2D eigenvalue weighted by molar-refractivity contribution is 0.0906. The molecule has 0 aromatic carbocycles. The molecule has 0 unspecified atom stereocenters. The van der Waals surface area contributed by atoms with Crippen molar-refractivity contribution in [2.45, 2.75) is 52.1 Å². The molecule has 27 heavy (non-hydrogen) atoms. The van der Waals surface area contributed by atoms with E-state index < -0.39 is 10.2 Å². The van der Waals surface area contributed by atoms with Crippen LogP contribution in [0.2, 0.25) is 0 Å². The first-order valence-corrected chi connectivity index (χ1v) is 10.8. The molecular formula is C18H30N4O4S. The second kappa shape index (κ2) is 7.27. The summed E-state index contributed by atoms with van der Waals surface area (Å²) in [7, 11) is 1.13. The third-order valence-corrected chi connectivity index (χ3v) is 7.39. The summed E-state index contributed by atoms with van der Waals surface area (Å²) >= 11 is 0. The highest BCUT2D eigenvalue weighted by Crippen LogP contribution is 2.42. The summed E-state index contributed by atoms with van der Waals surface area (Å²) in [6.45, 7) is 5.66. The molecule has 1 fully saturated rings. The number of hydrogen-bond acceptors (Lipinski definition) is 5. The van der Waals surface area contributed by atoms with Crippen molar-refractivity contribution in [3.63, 3.8) is 0 Å². The number of fused-ring (bicyclic) bond motifs is 1. The third kappa shape index (κ3) is 3.70. The van der Waals surface area contributed by atoms with Crippen LogP contribution in [0, 0.1) is 5.41 Å². The number of methoxy groups -OCH3 is 1. The standard InChI is InChI=1S/C18H30N4O4S/c1-18(2)11-14-16(15(23)12-18)17(19-21(14)9-10-26-5)13-7-6-8-22(13)27(24,25)20(3)4/h13H,6-12H2,1-5H3/t13-/m0/s1. The number of ketones is 1. The van der Waals surface area contributed by atoms with E-state index in [9.17, 15) is 13.2 Å². The second-order valence-electron chi connectivity index (χ2n) is 8.42. The largest absolute Gasteiger partial charge is 0.383 e. The zero-order valence-corrected chi connectivity index (χ0v) is 17.7. The molecule has 1 aromatic rings. The van der Waals surface area contributed by atoms with Gasteiger partial charge in [-0.2, -0.15) is 22.1 Å². The van der Waals surface area contributed by atoms with Crippen LogP contribution in [-0.4, -0.2) is 66.9 Å². The molecule has 9 heteroatoms. The topological polar surface area (TPSA) is 84.7 Å². The summed E-state index contributed by atoms with van der Waals surface area (Å²) in [4.78, 5) is 13.0. The molecule has 0 saturated carbocycles. The van der Waals surface area contributed by atoms with Crippen molar-refractivity contribution >= 4 is 16.0 Å². The van der Waals surface area contributed by atoms with Gasteiger partial charge in [0.25, 0.3) is 10.2 Å². The Labute approximate surface area is 161 Å². The molecule has 152 valence electrons. The molecular weight excluding hydrogens is 368 g/mol. The number of Topliss-reactive ketones (excluding diaryl/α,β-unsaturated/α-hetero) is 1. The highest BCUT2D eigenvalue weighted by molar-refractivity contribution is 7.86. The molecule has 0 spiro atoms. The highest BCUT2D eigenvalue weighted by Gasteiger charge is 2.43. The van der Waals surface area contributed by atoms with E-state index in [1.54, 1.807) is 7.11 Å². The Morgan fingerprint density at radius 3 is 2.63 bits per heavy atom. The number of nitrogens with zero attached hydrogens (tertiary/aromatic N) is 4. The minimum atomic E-state index is -3.57. The molecule has 0 radical (unpaired) electrons. The number of rotatable bonds is 6. The number of hydrogen-bond donors (Lipinski definition) is 0. The average Bonchev–Trinajstić information content (AvgIpc) is 3.16. The first-order chi connectivity index (χ1) is 12.6. The maximum Gasteiger partial charge on any atom is 0.282 e. The van der Waals surface area contributed by atoms with Crippen LogP contribution in [0.3, 0.4) is 0 Å². The van der Waals surface area contributed by atoms with E-state index in [0.29, 0.717) is 43.8 Å². The SMILES string of the molecule is COCCn1nc([C@@H]2CCCN2S(=O)(=O)N(C)C)c2c1CC(C)(C)CC2=O. The van der Waals surface area contributed by atoms with Gasteiger partial charge < -0.3 is 4.74 Å². The van der Waals surface area contributed by atoms with Gasteiger partial charge >= 0.3 is 0 Å². The zero-order valence-electron chi connectivity index (χ0n) is 16.9. The van der Waals surface area contributed by atoms with Crippen LogP contribution in [0.25, 0.3) is 0 Å². The number of carbonyl (C=O) groups excluding carboxylic acids is 1. The predicted molar refractivity (Wildman–Crippen MR) is 102 cm³/mol. The molecule has 0 bridgehead atoms. The Morgan fingerprint density at radius 1 is 1.30 bits per heavy atom. The highest BCUT2D eigenvalue weighted by atomic mass is 32.2. The molecule has 2 heterocycles. The van der Waals surface area contributed by atoms with Gasteiger partial charge in [-0.1, -0.05) is 13.8 Å². The van der Waals surface area contributed by atoms with Crippen LogP contribution in [0.5, 0.6) is 0 Å². The molecule has 1 aromatic heterocycles. The van der Waals surface area contributed by atoms with Crippen LogP contribution in [0.1, 0.15) is 60.9 Å². The molecule has 1 saturated heterocycles. The van der Waals surface area contributed by atoms with Crippen LogP contribution >= 0.6 is 0 Å². The first kappa shape index (κ1) is 20.4. The first-order valence-electron chi connectivity index (χ1n) is 9.39. The van der Waals surface area contributed by atoms with Gasteiger partial charge in [-0.05, 0) is 24.7 Å². The quantitative estimate of drug-likeness (QED) is 0.727. The Bertz CT molecular complexity index is 829. The van der Waals surface area contributed by atoms with Crippen LogP contribution in [0.4, 0.5) is 0 Å². The van der Waals surface area contributed by atoms with Gasteiger partial charge in [0.15, 0.2) is 5.78 Å². The van der Waals surface area contributed by atoms with E-state index in [1.165, 1.54) is 22.7 Å². The van der Waals surface area contributed by atoms with Crippen molar-refractivity contribution < 1.29 is 17.9 Å². The lowest BCUT2D eigenvalue weighted by Crippen LogP contribution is -2.40. The average molecular weight is 399 g/mol. The molecule has 1 aliphatic carbocycles. The Kier molecular flexibility index (Phi) is 5.51. The van der Waals surface area contributed by atoms with Crippen LogP contribution in [0.15, 0.2) is 0 Å². The summed E-state index contributed by atoms with van der Waals surface area (Å²) in [5.74, 6) is 0.0639. The maximum atomic E-state index is 13.0. The van der Waals surface area contributed by atoms with Gasteiger partial charge in [0.05, 0.1) is 36.1 Å². The van der Waals surface area contributed by atoms with Gasteiger partial charge in [-0.25, -0.2) is 0 Å². The van der Waals surface area contributed by atoms with Crippen molar-refractivity contribution in [1.82, 2.24) is 18.4 Å². The predicted octanol–water partition coefficient (Wildman–Crippen LogP) is 1.63. The minimum absolute atomic E-state index is 0.0639. The fourth-order valence-corrected chi connectivity index (χ4v) is 5.44. The molecule has 1 aliphatic heterocycles. The second-order valence-corrected chi connectivity index (χ2v) is 10.5. The summed E-state index contributed by atoms with van der Waals surface area (Å²) in [6, 6.07) is -0.389. The summed E-state index contributed by atoms with van der Waals surface area (Å²) in [6.07, 6.45) is 2.64. The van der Waals surface area contributed by atoms with Crippen LogP contribution < -0.4 is 0 Å². The molecule has 0 N–H and O–H groups in total. The minimum Gasteiger partial charge on any atom is -0.383 e. The van der Waals surface area contributed by atoms with Gasteiger partial charge in [0.2, 0.25) is 0 Å². The lowest BCUT2D eigenvalue weighted by atomic mass is 9.75. The zero-order chi connectivity index (χ0) is 20.0. The van der Waals surface area contributed by atoms with Crippen LogP contribution in [-0.2, 0) is 27.9 Å². The van der Waals surface area contributed by atoms with E-state index in [0.717, 1.165) is 18.5 Å². The molecule has 0 amide bonds. The van der Waals surface area contributed by atoms with E-state index in [1.807, 2.05) is 4.68 Å². The van der Waals surface area contributed by atoms with E-state index in [2.05, 4.69) is 13.8 Å². The molecule has 8 nitrogen and oxygen atoms in total. The van der Waals surface area contributed by atoms with Gasteiger partial charge in [0, 0.05) is 34.2 Å². The normalized spacial score (nSPS) is 23.2. The number of carbonyl (C=O) groups is 1. The number of ether oxygens (including phenoxy) is 1. The van der Waals surface area contributed by atoms with Gasteiger partial charge in [0.1, 0.15) is 0 Å². The van der Waals surface area contributed by atoms with E-state index in [4.69, 9.17) is 9.84 Å². The van der Waals surface area contributed by atoms with E-state index >= 15 is 0 Å². The smallest absolute Gasteiger partial charge is 0.282 e. The Morgan fingerprint density at radius 2 is 2.00 bits per heavy atom. The van der Waals surface area contributed by atoms with Crippen molar-refractivity contribution in [3.8, 4) is 0 Å². The summed E-state index contributed by atoms with van der Waals surface area (Å²) in [5.41, 5.74) is 2.04.